The van der Waals surface area contributed by atoms with Gasteiger partial charge in [0.05, 0.1) is 23.0 Å². The first-order valence-electron chi connectivity index (χ1n) is 13.4. The Morgan fingerprint density at radius 3 is 2.58 bits per heavy atom. The zero-order valence-corrected chi connectivity index (χ0v) is 22.4. The lowest BCUT2D eigenvalue weighted by atomic mass is 9.76. The molecule has 0 spiro atoms. The smallest absolute Gasteiger partial charge is 0.407 e. The summed E-state index contributed by atoms with van der Waals surface area (Å²) in [7, 11) is 0. The van der Waals surface area contributed by atoms with E-state index < -0.39 is 11.7 Å². The van der Waals surface area contributed by atoms with Gasteiger partial charge in [-0.1, -0.05) is 6.92 Å². The van der Waals surface area contributed by atoms with Crippen molar-refractivity contribution in [2.24, 2.45) is 5.92 Å². The van der Waals surface area contributed by atoms with Crippen LogP contribution in [-0.4, -0.2) is 33.6 Å². The van der Waals surface area contributed by atoms with E-state index in [1.165, 1.54) is 12.1 Å². The lowest BCUT2D eigenvalue weighted by Crippen LogP contribution is -2.42. The highest BCUT2D eigenvalue weighted by atomic mass is 19.1. The van der Waals surface area contributed by atoms with Crippen LogP contribution in [0.2, 0.25) is 0 Å². The number of ether oxygens (including phenoxy) is 1. The minimum absolute atomic E-state index is 0.0405. The summed E-state index contributed by atoms with van der Waals surface area (Å²) >= 11 is 0. The van der Waals surface area contributed by atoms with Gasteiger partial charge in [-0.05, 0) is 106 Å². The fourth-order valence-electron chi connectivity index (χ4n) is 5.53. The second-order valence-electron chi connectivity index (χ2n) is 11.8. The molecule has 2 saturated carbocycles. The van der Waals surface area contributed by atoms with Crippen molar-refractivity contribution in [1.29, 1.82) is 0 Å². The highest BCUT2D eigenvalue weighted by molar-refractivity contribution is 6.12. The van der Waals surface area contributed by atoms with Gasteiger partial charge in [0.15, 0.2) is 0 Å². The summed E-state index contributed by atoms with van der Waals surface area (Å²) < 4.78 is 20.1. The lowest BCUT2D eigenvalue weighted by Gasteiger charge is -2.35. The molecule has 2 amide bonds. The van der Waals surface area contributed by atoms with Crippen LogP contribution >= 0.6 is 0 Å². The molecule has 5 rings (SSSR count). The number of pyridine rings is 2. The van der Waals surface area contributed by atoms with E-state index in [4.69, 9.17) is 4.74 Å². The molecule has 8 heteroatoms. The largest absolute Gasteiger partial charge is 0.444 e. The van der Waals surface area contributed by atoms with Crippen LogP contribution in [-0.2, 0) is 4.74 Å². The monoisotopic (exact) mass is 518 g/mol. The van der Waals surface area contributed by atoms with Crippen molar-refractivity contribution >= 4 is 28.6 Å². The van der Waals surface area contributed by atoms with E-state index in [1.54, 1.807) is 18.6 Å². The summed E-state index contributed by atoms with van der Waals surface area (Å²) in [5.74, 6) is 0.183. The summed E-state index contributed by atoms with van der Waals surface area (Å²) in [6.45, 7) is 7.70. The summed E-state index contributed by atoms with van der Waals surface area (Å²) in [5, 5.41) is 6.40. The van der Waals surface area contributed by atoms with Crippen molar-refractivity contribution in [1.82, 2.24) is 15.3 Å². The van der Waals surface area contributed by atoms with Crippen LogP contribution in [0, 0.1) is 11.7 Å². The molecule has 2 heterocycles. The average molecular weight is 519 g/mol. The Morgan fingerprint density at radius 1 is 1.05 bits per heavy atom. The normalized spacial score (nSPS) is 21.7. The van der Waals surface area contributed by atoms with E-state index in [1.807, 2.05) is 32.9 Å². The molecule has 200 valence electrons. The molecule has 2 aliphatic carbocycles. The Balaban J connectivity index is 1.36. The number of fused-ring (bicyclic) bond motifs is 1. The van der Waals surface area contributed by atoms with Crippen molar-refractivity contribution in [2.75, 3.05) is 5.32 Å². The van der Waals surface area contributed by atoms with Gasteiger partial charge in [-0.15, -0.1) is 0 Å². The molecule has 1 aromatic carbocycles. The molecule has 2 N–H and O–H groups in total. The number of carbonyl (C=O) groups excluding carboxylic acids is 2. The maximum absolute atomic E-state index is 14.7. The van der Waals surface area contributed by atoms with Crippen LogP contribution < -0.4 is 10.6 Å². The summed E-state index contributed by atoms with van der Waals surface area (Å²) in [5.41, 5.74) is 2.70. The number of anilines is 1. The van der Waals surface area contributed by atoms with Crippen LogP contribution in [0.5, 0.6) is 0 Å². The number of hydrogen-bond donors (Lipinski definition) is 2. The highest BCUT2D eigenvalue weighted by Gasteiger charge is 2.31. The number of nitrogens with one attached hydrogen (secondary N) is 2. The van der Waals surface area contributed by atoms with Crippen LogP contribution in [0.3, 0.4) is 0 Å². The summed E-state index contributed by atoms with van der Waals surface area (Å²) in [6, 6.07) is 6.52. The quantitative estimate of drug-likeness (QED) is 0.392. The molecule has 7 nitrogen and oxygen atoms in total. The zero-order chi connectivity index (χ0) is 27.0. The molecule has 2 aromatic heterocycles. The Kier molecular flexibility index (Phi) is 7.07. The molecule has 0 aliphatic heterocycles. The van der Waals surface area contributed by atoms with Crippen LogP contribution in [0.4, 0.5) is 14.9 Å². The third-order valence-electron chi connectivity index (χ3n) is 7.32. The Bertz CT molecular complexity index is 1370. The first-order valence-corrected chi connectivity index (χ1v) is 13.4. The molecule has 0 unspecified atom stereocenters. The van der Waals surface area contributed by atoms with Gasteiger partial charge in [0.1, 0.15) is 11.4 Å². The second kappa shape index (κ2) is 10.3. The van der Waals surface area contributed by atoms with Crippen LogP contribution in [0.15, 0.2) is 42.9 Å². The van der Waals surface area contributed by atoms with E-state index in [-0.39, 0.29) is 23.7 Å². The third kappa shape index (κ3) is 5.95. The van der Waals surface area contributed by atoms with Gasteiger partial charge in [0, 0.05) is 23.8 Å². The first-order chi connectivity index (χ1) is 18.1. The van der Waals surface area contributed by atoms with Gasteiger partial charge in [-0.2, -0.15) is 0 Å². The Hall–Kier alpha value is -3.55. The Labute approximate surface area is 222 Å². The van der Waals surface area contributed by atoms with Crippen molar-refractivity contribution < 1.29 is 18.7 Å². The molecule has 2 aliphatic rings. The maximum atomic E-state index is 14.7. The second-order valence-corrected chi connectivity index (χ2v) is 11.8. The summed E-state index contributed by atoms with van der Waals surface area (Å²) in [6.07, 6.45) is 9.39. The van der Waals surface area contributed by atoms with Gasteiger partial charge in [0.2, 0.25) is 0 Å². The molecule has 0 bridgehead atoms. The average Bonchev–Trinajstić information content (AvgIpc) is 3.68. The predicted molar refractivity (Wildman–Crippen MR) is 145 cm³/mol. The number of hydrogen-bond acceptors (Lipinski definition) is 5. The fourth-order valence-corrected chi connectivity index (χ4v) is 5.53. The molecule has 0 saturated heterocycles. The highest BCUT2D eigenvalue weighted by Crippen LogP contribution is 2.41. The van der Waals surface area contributed by atoms with Crippen molar-refractivity contribution in [3.8, 4) is 0 Å². The molecular formula is C30H35FN4O3. The standard InChI is InChI=1S/C30H35FN4O3/c1-17-11-19(13-21(12-17)34-29(37)38-30(2,3)4)22-9-10-32-16-26(22)35-28(36)23-7-8-25(31)24-14-20(18-5-6-18)15-33-27(23)24/h7-10,14-19,21H,5-6,11-13H2,1-4H3,(H,34,37)(H,35,36)/t17-,19+,21-/m0/s1. The Morgan fingerprint density at radius 2 is 1.84 bits per heavy atom. The number of benzene rings is 1. The van der Waals surface area contributed by atoms with Gasteiger partial charge in [-0.3, -0.25) is 14.8 Å². The lowest BCUT2D eigenvalue weighted by molar-refractivity contribution is 0.0482. The number of nitrogens with zero attached hydrogens (tertiary/aromatic N) is 2. The number of carbonyl (C=O) groups is 2. The number of alkyl carbamates (subject to hydrolysis) is 1. The fraction of sp³-hybridized carbons (Fsp3) is 0.467. The van der Waals surface area contributed by atoms with Gasteiger partial charge < -0.3 is 15.4 Å². The molecule has 3 aromatic rings. The molecule has 0 radical (unpaired) electrons. The van der Waals surface area contributed by atoms with Gasteiger partial charge >= 0.3 is 6.09 Å². The van der Waals surface area contributed by atoms with E-state index in [9.17, 15) is 14.0 Å². The molecule has 2 fully saturated rings. The number of aromatic nitrogens is 2. The minimum atomic E-state index is -0.564. The van der Waals surface area contributed by atoms with E-state index >= 15 is 0 Å². The molecular weight excluding hydrogens is 483 g/mol. The SMILES string of the molecule is C[C@@H]1C[C@H](NC(=O)OC(C)(C)C)C[C@H](c2ccncc2NC(=O)c2ccc(F)c3cc(C4CC4)cnc23)C1. The van der Waals surface area contributed by atoms with Crippen molar-refractivity contribution in [3.05, 3.63) is 65.4 Å². The van der Waals surface area contributed by atoms with Crippen molar-refractivity contribution in [3.63, 3.8) is 0 Å². The predicted octanol–water partition coefficient (Wildman–Crippen LogP) is 6.70. The maximum Gasteiger partial charge on any atom is 0.407 e. The number of amides is 2. The molecule has 3 atom stereocenters. The van der Waals surface area contributed by atoms with E-state index in [0.717, 1.165) is 43.2 Å². The van der Waals surface area contributed by atoms with Gasteiger partial charge in [-0.25, -0.2) is 9.18 Å². The van der Waals surface area contributed by atoms with Crippen LogP contribution in [0.25, 0.3) is 10.9 Å². The van der Waals surface area contributed by atoms with Crippen LogP contribution in [0.1, 0.15) is 93.1 Å². The van der Waals surface area contributed by atoms with Gasteiger partial charge in [0.25, 0.3) is 5.91 Å². The van der Waals surface area contributed by atoms with E-state index in [0.29, 0.717) is 34.0 Å². The number of halogens is 1. The third-order valence-corrected chi connectivity index (χ3v) is 7.32. The molecule has 38 heavy (non-hydrogen) atoms. The first kappa shape index (κ1) is 26.1. The number of rotatable bonds is 5. The minimum Gasteiger partial charge on any atom is -0.444 e. The summed E-state index contributed by atoms with van der Waals surface area (Å²) in [4.78, 5) is 34.6. The topological polar surface area (TPSA) is 93.2 Å². The van der Waals surface area contributed by atoms with E-state index in [2.05, 4.69) is 27.5 Å². The zero-order valence-electron chi connectivity index (χ0n) is 22.4. The van der Waals surface area contributed by atoms with Crippen molar-refractivity contribution in [2.45, 2.75) is 83.3 Å².